The second-order valence-electron chi connectivity index (χ2n) is 4.38. The summed E-state index contributed by atoms with van der Waals surface area (Å²) in [5, 5.41) is 3.19. The van der Waals surface area contributed by atoms with Crippen LogP contribution in [0, 0.1) is 6.92 Å². The average Bonchev–Trinajstić information content (AvgIpc) is 2.50. The zero-order chi connectivity index (χ0) is 12.3. The normalized spacial score (nSPS) is 19.0. The van der Waals surface area contributed by atoms with E-state index in [4.69, 9.17) is 10.5 Å². The van der Waals surface area contributed by atoms with E-state index in [0.717, 1.165) is 36.3 Å². The Hall–Kier alpha value is -1.55. The summed E-state index contributed by atoms with van der Waals surface area (Å²) in [6, 6.07) is 6.25. The van der Waals surface area contributed by atoms with Crippen LogP contribution in [-0.4, -0.2) is 19.1 Å². The fourth-order valence-electron chi connectivity index (χ4n) is 2.20. The van der Waals surface area contributed by atoms with Crippen LogP contribution in [-0.2, 0) is 4.79 Å². The molecule has 0 saturated carbocycles. The zero-order valence-electron chi connectivity index (χ0n) is 10.0. The fourth-order valence-corrected chi connectivity index (χ4v) is 2.20. The molecule has 92 valence electrons. The van der Waals surface area contributed by atoms with Gasteiger partial charge in [-0.2, -0.15) is 0 Å². The number of para-hydroxylation sites is 1. The van der Waals surface area contributed by atoms with Gasteiger partial charge in [-0.15, -0.1) is 0 Å². The first-order valence-corrected chi connectivity index (χ1v) is 5.92. The topological polar surface area (TPSA) is 64.3 Å². The molecule has 0 aliphatic carbocycles. The lowest BCUT2D eigenvalue weighted by Crippen LogP contribution is -2.31. The number of ether oxygens (including phenoxy) is 1. The number of primary amides is 1. The van der Waals surface area contributed by atoms with E-state index in [1.54, 1.807) is 0 Å². The van der Waals surface area contributed by atoms with Crippen LogP contribution in [0.2, 0.25) is 0 Å². The number of hydrogen-bond acceptors (Lipinski definition) is 3. The van der Waals surface area contributed by atoms with Gasteiger partial charge >= 0.3 is 0 Å². The first kappa shape index (κ1) is 11.9. The van der Waals surface area contributed by atoms with Crippen molar-refractivity contribution in [1.82, 2.24) is 5.32 Å². The molecule has 1 aromatic carbocycles. The summed E-state index contributed by atoms with van der Waals surface area (Å²) >= 11 is 0. The third kappa shape index (κ3) is 2.77. The van der Waals surface area contributed by atoms with Gasteiger partial charge in [-0.3, -0.25) is 4.79 Å². The highest BCUT2D eigenvalue weighted by atomic mass is 16.5. The minimum atomic E-state index is -0.329. The van der Waals surface area contributed by atoms with Crippen molar-refractivity contribution in [2.45, 2.75) is 25.8 Å². The summed E-state index contributed by atoms with van der Waals surface area (Å²) in [7, 11) is 0. The largest absolute Gasteiger partial charge is 0.493 e. The smallest absolute Gasteiger partial charge is 0.231 e. The van der Waals surface area contributed by atoms with Crippen LogP contribution in [0.5, 0.6) is 5.75 Å². The van der Waals surface area contributed by atoms with Crippen molar-refractivity contribution in [3.05, 3.63) is 29.3 Å². The van der Waals surface area contributed by atoms with Gasteiger partial charge in [0.25, 0.3) is 0 Å². The van der Waals surface area contributed by atoms with Crippen molar-refractivity contribution in [2.75, 3.05) is 13.2 Å². The number of benzene rings is 1. The van der Waals surface area contributed by atoms with E-state index in [0.29, 0.717) is 0 Å². The molecule has 0 radical (unpaired) electrons. The summed E-state index contributed by atoms with van der Waals surface area (Å²) in [4.78, 5) is 10.8. The minimum Gasteiger partial charge on any atom is -0.493 e. The monoisotopic (exact) mass is 234 g/mol. The molecule has 3 N–H and O–H groups in total. The number of rotatable bonds is 3. The van der Waals surface area contributed by atoms with Gasteiger partial charge in [-0.05, 0) is 25.3 Å². The molecule has 1 atom stereocenters. The van der Waals surface area contributed by atoms with Crippen LogP contribution in [0.1, 0.15) is 30.0 Å². The highest BCUT2D eigenvalue weighted by molar-refractivity contribution is 5.76. The van der Waals surface area contributed by atoms with Gasteiger partial charge in [0.1, 0.15) is 5.75 Å². The van der Waals surface area contributed by atoms with Gasteiger partial charge in [0.15, 0.2) is 0 Å². The third-order valence-corrected chi connectivity index (χ3v) is 3.02. The molecule has 4 heteroatoms. The number of carbonyl (C=O) groups excluding carboxylic acids is 1. The van der Waals surface area contributed by atoms with Gasteiger partial charge in [0, 0.05) is 11.6 Å². The summed E-state index contributed by atoms with van der Waals surface area (Å²) in [5.74, 6) is 0.622. The lowest BCUT2D eigenvalue weighted by molar-refractivity contribution is -0.117. The predicted molar refractivity (Wildman–Crippen MR) is 65.8 cm³/mol. The SMILES string of the molecule is Cc1cccc2c1OCCCC2NCC(N)=O. The van der Waals surface area contributed by atoms with E-state index in [9.17, 15) is 4.79 Å². The number of fused-ring (bicyclic) bond motifs is 1. The van der Waals surface area contributed by atoms with Gasteiger partial charge < -0.3 is 15.8 Å². The first-order valence-electron chi connectivity index (χ1n) is 5.92. The van der Waals surface area contributed by atoms with Crippen molar-refractivity contribution in [3.63, 3.8) is 0 Å². The second kappa shape index (κ2) is 5.19. The van der Waals surface area contributed by atoms with E-state index in [-0.39, 0.29) is 18.5 Å². The predicted octanol–water partition coefficient (Wildman–Crippen LogP) is 1.28. The van der Waals surface area contributed by atoms with Crippen molar-refractivity contribution in [1.29, 1.82) is 0 Å². The number of amides is 1. The maximum Gasteiger partial charge on any atom is 0.231 e. The molecule has 1 amide bonds. The lowest BCUT2D eigenvalue weighted by atomic mass is 10.00. The van der Waals surface area contributed by atoms with Crippen LogP contribution < -0.4 is 15.8 Å². The van der Waals surface area contributed by atoms with Crippen LogP contribution >= 0.6 is 0 Å². The highest BCUT2D eigenvalue weighted by Gasteiger charge is 2.20. The van der Waals surface area contributed by atoms with Crippen molar-refractivity contribution < 1.29 is 9.53 Å². The molecule has 4 nitrogen and oxygen atoms in total. The number of aryl methyl sites for hydroxylation is 1. The molecule has 1 heterocycles. The Morgan fingerprint density at radius 2 is 2.41 bits per heavy atom. The van der Waals surface area contributed by atoms with Crippen LogP contribution in [0.4, 0.5) is 0 Å². The van der Waals surface area contributed by atoms with E-state index in [1.165, 1.54) is 0 Å². The standard InChI is InChI=1S/C13H18N2O2/c1-9-4-2-5-10-11(15-8-12(14)16)6-3-7-17-13(9)10/h2,4-5,11,15H,3,6-8H2,1H3,(H2,14,16). The Kier molecular flexibility index (Phi) is 3.64. The van der Waals surface area contributed by atoms with E-state index < -0.39 is 0 Å². The molecular weight excluding hydrogens is 216 g/mol. The van der Waals surface area contributed by atoms with Gasteiger partial charge in [-0.1, -0.05) is 18.2 Å². The molecule has 1 unspecified atom stereocenters. The minimum absolute atomic E-state index is 0.153. The van der Waals surface area contributed by atoms with Crippen molar-refractivity contribution in [2.24, 2.45) is 5.73 Å². The van der Waals surface area contributed by atoms with E-state index >= 15 is 0 Å². The number of nitrogens with one attached hydrogen (secondary N) is 1. The molecule has 1 aliphatic rings. The van der Waals surface area contributed by atoms with Crippen LogP contribution in [0.25, 0.3) is 0 Å². The maximum atomic E-state index is 10.8. The Morgan fingerprint density at radius 1 is 1.59 bits per heavy atom. The lowest BCUT2D eigenvalue weighted by Gasteiger charge is -2.18. The summed E-state index contributed by atoms with van der Waals surface area (Å²) in [6.07, 6.45) is 1.94. The third-order valence-electron chi connectivity index (χ3n) is 3.02. The number of nitrogens with two attached hydrogens (primary N) is 1. The van der Waals surface area contributed by atoms with Crippen molar-refractivity contribution >= 4 is 5.91 Å². The molecule has 0 saturated heterocycles. The summed E-state index contributed by atoms with van der Waals surface area (Å²) in [6.45, 7) is 2.97. The van der Waals surface area contributed by atoms with Crippen LogP contribution in [0.15, 0.2) is 18.2 Å². The Bertz CT molecular complexity index is 418. The first-order chi connectivity index (χ1) is 8.18. The summed E-state index contributed by atoms with van der Waals surface area (Å²) < 4.78 is 5.76. The second-order valence-corrected chi connectivity index (χ2v) is 4.38. The highest BCUT2D eigenvalue weighted by Crippen LogP contribution is 2.33. The van der Waals surface area contributed by atoms with Crippen molar-refractivity contribution in [3.8, 4) is 5.75 Å². The number of carbonyl (C=O) groups is 1. The molecule has 2 rings (SSSR count). The van der Waals surface area contributed by atoms with E-state index in [1.807, 2.05) is 25.1 Å². The van der Waals surface area contributed by atoms with Crippen LogP contribution in [0.3, 0.4) is 0 Å². The molecule has 0 fully saturated rings. The molecule has 0 bridgehead atoms. The maximum absolute atomic E-state index is 10.8. The molecule has 1 aromatic rings. The Morgan fingerprint density at radius 3 is 3.18 bits per heavy atom. The zero-order valence-corrected chi connectivity index (χ0v) is 10.0. The Balaban J connectivity index is 2.24. The quantitative estimate of drug-likeness (QED) is 0.828. The average molecular weight is 234 g/mol. The summed E-state index contributed by atoms with van der Waals surface area (Å²) in [5.41, 5.74) is 7.43. The fraction of sp³-hybridized carbons (Fsp3) is 0.462. The molecular formula is C13H18N2O2. The van der Waals surface area contributed by atoms with E-state index in [2.05, 4.69) is 5.32 Å². The molecule has 1 aliphatic heterocycles. The van der Waals surface area contributed by atoms with Gasteiger partial charge in [0.05, 0.1) is 13.2 Å². The Labute approximate surface area is 101 Å². The van der Waals surface area contributed by atoms with Gasteiger partial charge in [0.2, 0.25) is 5.91 Å². The molecule has 0 spiro atoms. The molecule has 0 aromatic heterocycles. The number of hydrogen-bond donors (Lipinski definition) is 2. The van der Waals surface area contributed by atoms with Gasteiger partial charge in [-0.25, -0.2) is 0 Å². The molecule has 17 heavy (non-hydrogen) atoms.